The van der Waals surface area contributed by atoms with Gasteiger partial charge in [0.2, 0.25) is 0 Å². The van der Waals surface area contributed by atoms with Crippen molar-refractivity contribution >= 4 is 6.09 Å². The van der Waals surface area contributed by atoms with Gasteiger partial charge in [-0.05, 0) is 30.0 Å². The van der Waals surface area contributed by atoms with E-state index >= 15 is 0 Å². The van der Waals surface area contributed by atoms with Crippen molar-refractivity contribution in [2.75, 3.05) is 7.05 Å². The first kappa shape index (κ1) is 14.1. The normalized spacial score (nSPS) is 26.2. The van der Waals surface area contributed by atoms with E-state index in [1.54, 1.807) is 24.1 Å². The lowest BCUT2D eigenvalue weighted by Gasteiger charge is -2.46. The van der Waals surface area contributed by atoms with E-state index in [4.69, 9.17) is 4.74 Å². The minimum Gasteiger partial charge on any atom is -0.508 e. The predicted octanol–water partition coefficient (Wildman–Crippen LogP) is 3.82. The Balaban J connectivity index is 1.81. The maximum absolute atomic E-state index is 12.4. The molecule has 0 aromatic heterocycles. The van der Waals surface area contributed by atoms with Crippen molar-refractivity contribution in [2.24, 2.45) is 5.92 Å². The molecule has 1 amide bonds. The molecule has 1 heterocycles. The molecular formula is C19H19NO3. The molecule has 0 radical (unpaired) electrons. The lowest BCUT2D eigenvalue weighted by Crippen LogP contribution is -2.46. The Kier molecular flexibility index (Phi) is 3.26. The lowest BCUT2D eigenvalue weighted by molar-refractivity contribution is -0.0459. The first-order chi connectivity index (χ1) is 11.2. The van der Waals surface area contributed by atoms with E-state index in [9.17, 15) is 9.90 Å². The molecule has 4 rings (SSSR count). The Hall–Kier alpha value is -2.49. The van der Waals surface area contributed by atoms with Crippen molar-refractivity contribution in [3.63, 3.8) is 0 Å². The van der Waals surface area contributed by atoms with E-state index in [0.29, 0.717) is 0 Å². The van der Waals surface area contributed by atoms with Crippen LogP contribution < -0.4 is 0 Å². The molecular weight excluding hydrogens is 290 g/mol. The zero-order valence-electron chi connectivity index (χ0n) is 13.0. The van der Waals surface area contributed by atoms with Gasteiger partial charge in [-0.25, -0.2) is 4.79 Å². The van der Waals surface area contributed by atoms with Gasteiger partial charge in [0.15, 0.2) is 0 Å². The molecule has 2 aromatic carbocycles. The van der Waals surface area contributed by atoms with Crippen molar-refractivity contribution in [2.45, 2.75) is 25.0 Å². The van der Waals surface area contributed by atoms with Gasteiger partial charge in [0.05, 0.1) is 6.04 Å². The molecule has 4 nitrogen and oxygen atoms in total. The van der Waals surface area contributed by atoms with Crippen molar-refractivity contribution in [1.82, 2.24) is 4.90 Å². The molecule has 1 aliphatic carbocycles. The number of benzene rings is 2. The smallest absolute Gasteiger partial charge is 0.410 e. The fourth-order valence-corrected chi connectivity index (χ4v) is 3.99. The number of carbonyl (C=O) groups is 1. The van der Waals surface area contributed by atoms with Crippen LogP contribution in [-0.2, 0) is 11.2 Å². The van der Waals surface area contributed by atoms with Crippen molar-refractivity contribution in [3.8, 4) is 5.75 Å². The highest BCUT2D eigenvalue weighted by Crippen LogP contribution is 2.50. The Labute approximate surface area is 135 Å². The summed E-state index contributed by atoms with van der Waals surface area (Å²) >= 11 is 0. The van der Waals surface area contributed by atoms with Gasteiger partial charge in [0, 0.05) is 18.5 Å². The summed E-state index contributed by atoms with van der Waals surface area (Å²) in [6.45, 7) is 0. The Morgan fingerprint density at radius 1 is 1.09 bits per heavy atom. The van der Waals surface area contributed by atoms with Crippen LogP contribution in [0.4, 0.5) is 4.79 Å². The second kappa shape index (κ2) is 5.30. The second-order valence-corrected chi connectivity index (χ2v) is 6.32. The zero-order valence-corrected chi connectivity index (χ0v) is 13.0. The predicted molar refractivity (Wildman–Crippen MR) is 86.1 cm³/mol. The third-order valence-corrected chi connectivity index (χ3v) is 5.09. The topological polar surface area (TPSA) is 49.8 Å². The van der Waals surface area contributed by atoms with Gasteiger partial charge in [-0.15, -0.1) is 0 Å². The minimum atomic E-state index is -0.337. The monoisotopic (exact) mass is 309 g/mol. The van der Waals surface area contributed by atoms with Gasteiger partial charge in [0.1, 0.15) is 11.9 Å². The number of carbonyl (C=O) groups excluding carboxylic acids is 1. The second-order valence-electron chi connectivity index (χ2n) is 6.32. The van der Waals surface area contributed by atoms with Crippen molar-refractivity contribution in [1.29, 1.82) is 0 Å². The maximum Gasteiger partial charge on any atom is 0.410 e. The average Bonchev–Trinajstić information content (AvgIpc) is 2.57. The van der Waals surface area contributed by atoms with E-state index in [1.165, 1.54) is 5.56 Å². The number of ether oxygens (including phenoxy) is 1. The van der Waals surface area contributed by atoms with E-state index in [-0.39, 0.29) is 29.9 Å². The summed E-state index contributed by atoms with van der Waals surface area (Å²) in [6, 6.07) is 15.3. The molecule has 0 saturated carbocycles. The highest BCUT2D eigenvalue weighted by atomic mass is 16.6. The number of phenolic OH excluding ortho intramolecular Hbond substituents is 1. The molecule has 1 saturated heterocycles. The van der Waals surface area contributed by atoms with E-state index in [2.05, 4.69) is 6.07 Å². The van der Waals surface area contributed by atoms with Crippen LogP contribution in [-0.4, -0.2) is 23.1 Å². The Morgan fingerprint density at radius 2 is 1.78 bits per heavy atom. The molecule has 0 spiro atoms. The van der Waals surface area contributed by atoms with Gasteiger partial charge in [-0.2, -0.15) is 0 Å². The first-order valence-corrected chi connectivity index (χ1v) is 7.96. The van der Waals surface area contributed by atoms with Crippen LogP contribution in [0.15, 0.2) is 48.5 Å². The van der Waals surface area contributed by atoms with E-state index in [1.807, 2.05) is 30.3 Å². The fraction of sp³-hybridized carbons (Fsp3) is 0.316. The maximum atomic E-state index is 12.4. The standard InChI is InChI=1S/C19H19NO3/c1-20-17(14-8-4-5-9-16(14)21)15-11-10-12-6-2-3-7-13(12)18(15)23-19(20)22/h2-9,15,17-18,21H,10-11H2,1H3. The van der Waals surface area contributed by atoms with Crippen molar-refractivity contribution < 1.29 is 14.6 Å². The molecule has 3 atom stereocenters. The Morgan fingerprint density at radius 3 is 2.57 bits per heavy atom. The Bertz CT molecular complexity index is 758. The van der Waals surface area contributed by atoms with Crippen LogP contribution in [0.3, 0.4) is 0 Å². The van der Waals surface area contributed by atoms with Crippen molar-refractivity contribution in [3.05, 3.63) is 65.2 Å². The molecule has 2 aliphatic rings. The number of fused-ring (bicyclic) bond motifs is 3. The van der Waals surface area contributed by atoms with Gasteiger partial charge >= 0.3 is 6.09 Å². The number of aromatic hydroxyl groups is 1. The molecule has 2 aromatic rings. The third kappa shape index (κ3) is 2.17. The number of rotatable bonds is 1. The molecule has 1 aliphatic heterocycles. The highest BCUT2D eigenvalue weighted by Gasteiger charge is 2.46. The summed E-state index contributed by atoms with van der Waals surface area (Å²) in [5.41, 5.74) is 3.15. The molecule has 23 heavy (non-hydrogen) atoms. The van der Waals surface area contributed by atoms with Gasteiger partial charge in [0.25, 0.3) is 0 Å². The van der Waals surface area contributed by atoms with Gasteiger partial charge in [-0.1, -0.05) is 42.5 Å². The minimum absolute atomic E-state index is 0.140. The third-order valence-electron chi connectivity index (χ3n) is 5.09. The van der Waals surface area contributed by atoms with Crippen LogP contribution in [0.5, 0.6) is 5.75 Å². The van der Waals surface area contributed by atoms with Crippen LogP contribution in [0.25, 0.3) is 0 Å². The van der Waals surface area contributed by atoms with Crippen LogP contribution in [0.1, 0.15) is 35.3 Å². The van der Waals surface area contributed by atoms with E-state index in [0.717, 1.165) is 24.0 Å². The first-order valence-electron chi connectivity index (χ1n) is 7.96. The van der Waals surface area contributed by atoms with Crippen LogP contribution in [0, 0.1) is 5.92 Å². The number of nitrogens with zero attached hydrogens (tertiary/aromatic N) is 1. The summed E-state index contributed by atoms with van der Waals surface area (Å²) in [6.07, 6.45) is 1.31. The lowest BCUT2D eigenvalue weighted by atomic mass is 9.74. The van der Waals surface area contributed by atoms with E-state index < -0.39 is 0 Å². The molecule has 0 bridgehead atoms. The number of aryl methyl sites for hydroxylation is 1. The number of hydrogen-bond donors (Lipinski definition) is 1. The zero-order chi connectivity index (χ0) is 16.0. The summed E-state index contributed by atoms with van der Waals surface area (Å²) in [5, 5.41) is 10.3. The fourth-order valence-electron chi connectivity index (χ4n) is 3.99. The number of phenols is 1. The molecule has 3 unspecified atom stereocenters. The van der Waals surface area contributed by atoms with Gasteiger partial charge < -0.3 is 14.7 Å². The number of hydrogen-bond acceptors (Lipinski definition) is 3. The summed E-state index contributed by atoms with van der Waals surface area (Å²) in [4.78, 5) is 14.0. The van der Waals surface area contributed by atoms with Gasteiger partial charge in [-0.3, -0.25) is 0 Å². The molecule has 4 heteroatoms. The SMILES string of the molecule is CN1C(=O)OC2c3ccccc3CCC2C1c1ccccc1O. The summed E-state index contributed by atoms with van der Waals surface area (Å²) in [7, 11) is 1.75. The molecule has 1 fully saturated rings. The quantitative estimate of drug-likeness (QED) is 0.871. The number of para-hydroxylation sites is 1. The highest BCUT2D eigenvalue weighted by molar-refractivity contribution is 5.70. The van der Waals surface area contributed by atoms with Crippen LogP contribution in [0.2, 0.25) is 0 Å². The summed E-state index contributed by atoms with van der Waals surface area (Å²) < 4.78 is 5.73. The summed E-state index contributed by atoms with van der Waals surface area (Å²) in [5.74, 6) is 0.373. The largest absolute Gasteiger partial charge is 0.508 e. The molecule has 118 valence electrons. The molecule has 1 N–H and O–H groups in total. The van der Waals surface area contributed by atoms with Crippen LogP contribution >= 0.6 is 0 Å². The number of amides is 1. The average molecular weight is 309 g/mol.